The van der Waals surface area contributed by atoms with Gasteiger partial charge in [-0.1, -0.05) is 11.6 Å². The Balaban J connectivity index is 3.21. The van der Waals surface area contributed by atoms with Crippen molar-refractivity contribution in [2.75, 3.05) is 6.26 Å². The van der Waals surface area contributed by atoms with Gasteiger partial charge >= 0.3 is 0 Å². The zero-order chi connectivity index (χ0) is 8.43. The van der Waals surface area contributed by atoms with Crippen LogP contribution in [0.1, 0.15) is 0 Å². The van der Waals surface area contributed by atoms with Gasteiger partial charge in [0, 0.05) is 4.90 Å². The van der Waals surface area contributed by atoms with Crippen LogP contribution < -0.4 is 0 Å². The first-order valence-electron chi connectivity index (χ1n) is 2.83. The number of hydrogen-bond acceptors (Lipinski definition) is 1. The molecule has 0 aliphatic rings. The molecule has 60 valence electrons. The highest BCUT2D eigenvalue weighted by atomic mass is 79.9. The lowest BCUT2D eigenvalue weighted by Gasteiger charge is -2.00. The zero-order valence-electron chi connectivity index (χ0n) is 5.70. The van der Waals surface area contributed by atoms with Crippen LogP contribution in [0.5, 0.6) is 0 Å². The number of benzene rings is 1. The normalized spacial score (nSPS) is 10.2. The van der Waals surface area contributed by atoms with E-state index in [0.717, 1.165) is 4.90 Å². The second-order valence-electron chi connectivity index (χ2n) is 1.91. The van der Waals surface area contributed by atoms with Crippen molar-refractivity contribution in [1.82, 2.24) is 0 Å². The second-order valence-corrected chi connectivity index (χ2v) is 3.98. The summed E-state index contributed by atoms with van der Waals surface area (Å²) in [4.78, 5) is 0.829. The van der Waals surface area contributed by atoms with E-state index in [-0.39, 0.29) is 5.82 Å². The topological polar surface area (TPSA) is 0 Å². The predicted molar refractivity (Wildman–Crippen MR) is 50.9 cm³/mol. The molecule has 0 aliphatic carbocycles. The Morgan fingerprint density at radius 1 is 1.55 bits per heavy atom. The average Bonchev–Trinajstić information content (AvgIpc) is 1.99. The first-order valence-corrected chi connectivity index (χ1v) is 5.23. The van der Waals surface area contributed by atoms with E-state index in [0.29, 0.717) is 9.50 Å². The molecule has 0 radical (unpaired) electrons. The van der Waals surface area contributed by atoms with Crippen molar-refractivity contribution in [2.24, 2.45) is 0 Å². The fourth-order valence-electron chi connectivity index (χ4n) is 0.650. The summed E-state index contributed by atoms with van der Waals surface area (Å²) < 4.78 is 13.2. The number of halogens is 3. The van der Waals surface area contributed by atoms with E-state index in [1.165, 1.54) is 17.8 Å². The lowest BCUT2D eigenvalue weighted by atomic mass is 10.3. The lowest BCUT2D eigenvalue weighted by molar-refractivity contribution is 0.617. The lowest BCUT2D eigenvalue weighted by Crippen LogP contribution is -1.80. The fourth-order valence-corrected chi connectivity index (χ4v) is 1.61. The van der Waals surface area contributed by atoms with Gasteiger partial charge in [0.05, 0.1) is 9.50 Å². The Morgan fingerprint density at radius 3 is 2.64 bits per heavy atom. The molecule has 0 nitrogen and oxygen atoms in total. The highest BCUT2D eigenvalue weighted by Crippen LogP contribution is 2.29. The second kappa shape index (κ2) is 3.78. The van der Waals surface area contributed by atoms with Crippen LogP contribution in [-0.2, 0) is 0 Å². The number of thioether (sulfide) groups is 1. The van der Waals surface area contributed by atoms with Gasteiger partial charge in [-0.15, -0.1) is 11.8 Å². The summed E-state index contributed by atoms with van der Waals surface area (Å²) in [5.41, 5.74) is 0. The molecule has 0 saturated heterocycles. The maximum atomic E-state index is 12.9. The number of rotatable bonds is 1. The Labute approximate surface area is 82.3 Å². The summed E-state index contributed by atoms with van der Waals surface area (Å²) >= 11 is 10.2. The molecule has 11 heavy (non-hydrogen) atoms. The molecule has 0 saturated carbocycles. The molecule has 0 fully saturated rings. The van der Waals surface area contributed by atoms with E-state index in [2.05, 4.69) is 15.9 Å². The Kier molecular flexibility index (Phi) is 3.22. The zero-order valence-corrected chi connectivity index (χ0v) is 8.86. The van der Waals surface area contributed by atoms with Crippen molar-refractivity contribution < 1.29 is 4.39 Å². The molecular weight excluding hydrogens is 250 g/mol. The van der Waals surface area contributed by atoms with Gasteiger partial charge in [0.25, 0.3) is 0 Å². The van der Waals surface area contributed by atoms with Crippen molar-refractivity contribution >= 4 is 39.3 Å². The molecule has 1 rings (SSSR count). The van der Waals surface area contributed by atoms with Crippen LogP contribution in [0.2, 0.25) is 5.02 Å². The molecule has 1 aromatic rings. The van der Waals surface area contributed by atoms with Crippen LogP contribution in [0.25, 0.3) is 0 Å². The Morgan fingerprint density at radius 2 is 2.18 bits per heavy atom. The first-order chi connectivity index (χ1) is 5.15. The van der Waals surface area contributed by atoms with E-state index < -0.39 is 0 Å². The monoisotopic (exact) mass is 254 g/mol. The molecule has 4 heteroatoms. The molecular formula is C7H5BrClFS. The van der Waals surface area contributed by atoms with Crippen molar-refractivity contribution in [1.29, 1.82) is 0 Å². The van der Waals surface area contributed by atoms with Gasteiger partial charge in [-0.05, 0) is 34.3 Å². The van der Waals surface area contributed by atoms with Crippen LogP contribution in [0.3, 0.4) is 0 Å². The molecule has 0 aromatic heterocycles. The molecule has 0 aliphatic heterocycles. The minimum Gasteiger partial charge on any atom is -0.206 e. The smallest absolute Gasteiger partial charge is 0.140 e. The summed E-state index contributed by atoms with van der Waals surface area (Å²) in [5, 5.41) is 0.411. The molecule has 0 bridgehead atoms. The van der Waals surface area contributed by atoms with Crippen molar-refractivity contribution in [3.05, 3.63) is 27.4 Å². The Hall–Kier alpha value is 0.270. The average molecular weight is 256 g/mol. The molecule has 0 atom stereocenters. The van der Waals surface area contributed by atoms with Gasteiger partial charge in [0.2, 0.25) is 0 Å². The van der Waals surface area contributed by atoms with E-state index in [1.807, 2.05) is 6.26 Å². The van der Waals surface area contributed by atoms with E-state index in [9.17, 15) is 4.39 Å². The molecule has 0 unspecified atom stereocenters. The van der Waals surface area contributed by atoms with Gasteiger partial charge in [-0.2, -0.15) is 0 Å². The summed E-state index contributed by atoms with van der Waals surface area (Å²) in [5.74, 6) is -0.318. The largest absolute Gasteiger partial charge is 0.206 e. The quantitative estimate of drug-likeness (QED) is 0.541. The van der Waals surface area contributed by atoms with Gasteiger partial charge in [-0.3, -0.25) is 0 Å². The van der Waals surface area contributed by atoms with Crippen molar-refractivity contribution in [3.8, 4) is 0 Å². The van der Waals surface area contributed by atoms with Gasteiger partial charge < -0.3 is 0 Å². The summed E-state index contributed by atoms with van der Waals surface area (Å²) in [6, 6.07) is 3.17. The van der Waals surface area contributed by atoms with E-state index in [1.54, 1.807) is 6.07 Å². The third kappa shape index (κ3) is 2.10. The van der Waals surface area contributed by atoms with Crippen LogP contribution >= 0.6 is 39.3 Å². The molecule has 0 N–H and O–H groups in total. The molecule has 0 amide bonds. The van der Waals surface area contributed by atoms with Crippen LogP contribution in [0.15, 0.2) is 21.5 Å². The van der Waals surface area contributed by atoms with Gasteiger partial charge in [0.1, 0.15) is 5.82 Å². The highest BCUT2D eigenvalue weighted by molar-refractivity contribution is 9.10. The molecule has 1 aromatic carbocycles. The van der Waals surface area contributed by atoms with Crippen LogP contribution in [-0.4, -0.2) is 6.26 Å². The fraction of sp³-hybridized carbons (Fsp3) is 0.143. The summed E-state index contributed by atoms with van der Waals surface area (Å²) in [6.45, 7) is 0. The minimum atomic E-state index is -0.318. The van der Waals surface area contributed by atoms with E-state index in [4.69, 9.17) is 11.6 Å². The minimum absolute atomic E-state index is 0.318. The maximum Gasteiger partial charge on any atom is 0.140 e. The van der Waals surface area contributed by atoms with E-state index >= 15 is 0 Å². The van der Waals surface area contributed by atoms with Gasteiger partial charge in [-0.25, -0.2) is 4.39 Å². The highest BCUT2D eigenvalue weighted by Gasteiger charge is 2.05. The third-order valence-electron chi connectivity index (χ3n) is 1.19. The molecule has 0 heterocycles. The third-order valence-corrected chi connectivity index (χ3v) is 3.23. The summed E-state index contributed by atoms with van der Waals surface area (Å²) in [6.07, 6.45) is 1.87. The molecule has 0 spiro atoms. The standard InChI is InChI=1S/C7H5BrClFS/c1-11-4-2-5(9)7(8)6(10)3-4/h2-3H,1H3. The van der Waals surface area contributed by atoms with Crippen molar-refractivity contribution in [2.45, 2.75) is 4.90 Å². The SMILES string of the molecule is CSc1cc(F)c(Br)c(Cl)c1. The summed E-state index contributed by atoms with van der Waals surface area (Å²) in [7, 11) is 0. The number of hydrogen-bond donors (Lipinski definition) is 0. The van der Waals surface area contributed by atoms with Crippen LogP contribution in [0, 0.1) is 5.82 Å². The first kappa shape index (κ1) is 9.36. The maximum absolute atomic E-state index is 12.9. The van der Waals surface area contributed by atoms with Gasteiger partial charge in [0.15, 0.2) is 0 Å². The Bertz CT molecular complexity index is 254. The predicted octanol–water partition coefficient (Wildman–Crippen LogP) is 3.96. The van der Waals surface area contributed by atoms with Crippen molar-refractivity contribution in [3.63, 3.8) is 0 Å². The van der Waals surface area contributed by atoms with Crippen LogP contribution in [0.4, 0.5) is 4.39 Å².